The maximum Gasteiger partial charge on any atom is 0.106 e. The van der Waals surface area contributed by atoms with E-state index in [0.29, 0.717) is 5.69 Å². The third-order valence-electron chi connectivity index (χ3n) is 2.92. The third-order valence-corrected chi connectivity index (χ3v) is 4.51. The van der Waals surface area contributed by atoms with Crippen LogP contribution in [0, 0.1) is 0 Å². The van der Waals surface area contributed by atoms with E-state index in [-0.39, 0.29) is 0 Å². The van der Waals surface area contributed by atoms with E-state index in [1.807, 2.05) is 29.8 Å². The molecule has 0 spiro atoms. The fourth-order valence-electron chi connectivity index (χ4n) is 1.95. The molecule has 0 radical (unpaired) electrons. The summed E-state index contributed by atoms with van der Waals surface area (Å²) in [5.74, 6) is 0. The largest absolute Gasteiger partial charge is 0.395 e. The van der Waals surface area contributed by atoms with E-state index in [2.05, 4.69) is 28.7 Å². The molecular formula is C14H13N3S2. The van der Waals surface area contributed by atoms with E-state index < -0.39 is 0 Å². The van der Waals surface area contributed by atoms with Crippen molar-refractivity contribution in [2.45, 2.75) is 4.90 Å². The van der Waals surface area contributed by atoms with Crippen LogP contribution in [0.25, 0.3) is 10.2 Å². The Labute approximate surface area is 119 Å². The number of anilines is 3. The summed E-state index contributed by atoms with van der Waals surface area (Å²) in [5, 5.41) is 3.39. The zero-order valence-corrected chi connectivity index (χ0v) is 12.0. The number of hydrogen-bond donors (Lipinski definition) is 2. The van der Waals surface area contributed by atoms with Crippen LogP contribution in [-0.2, 0) is 0 Å². The highest BCUT2D eigenvalue weighted by molar-refractivity contribution is 7.98. The summed E-state index contributed by atoms with van der Waals surface area (Å²) in [7, 11) is 0. The van der Waals surface area contributed by atoms with Crippen molar-refractivity contribution in [1.82, 2.24) is 4.98 Å². The van der Waals surface area contributed by atoms with Gasteiger partial charge >= 0.3 is 0 Å². The van der Waals surface area contributed by atoms with Gasteiger partial charge in [-0.15, -0.1) is 23.1 Å². The molecule has 2 aromatic carbocycles. The van der Waals surface area contributed by atoms with Crippen LogP contribution in [0.3, 0.4) is 0 Å². The lowest BCUT2D eigenvalue weighted by Gasteiger charge is -2.12. The minimum atomic E-state index is 0.703. The average Bonchev–Trinajstić information content (AvgIpc) is 2.92. The van der Waals surface area contributed by atoms with Gasteiger partial charge in [0, 0.05) is 4.90 Å². The van der Waals surface area contributed by atoms with Crippen molar-refractivity contribution >= 4 is 50.4 Å². The van der Waals surface area contributed by atoms with Gasteiger partial charge in [0.05, 0.1) is 27.3 Å². The van der Waals surface area contributed by atoms with Gasteiger partial charge in [-0.05, 0) is 30.5 Å². The Bertz CT molecular complexity index is 722. The molecule has 0 unspecified atom stereocenters. The molecule has 3 N–H and O–H groups in total. The number of nitrogen functional groups attached to an aromatic ring is 1. The second kappa shape index (κ2) is 5.11. The zero-order chi connectivity index (χ0) is 13.2. The molecule has 3 rings (SSSR count). The highest BCUT2D eigenvalue weighted by atomic mass is 32.2. The molecule has 0 saturated heterocycles. The van der Waals surface area contributed by atoms with Gasteiger partial charge in [0.2, 0.25) is 0 Å². The Hall–Kier alpha value is -1.72. The number of para-hydroxylation sites is 1. The monoisotopic (exact) mass is 287 g/mol. The number of aromatic nitrogens is 1. The van der Waals surface area contributed by atoms with E-state index in [4.69, 9.17) is 5.73 Å². The van der Waals surface area contributed by atoms with Crippen molar-refractivity contribution in [3.8, 4) is 0 Å². The van der Waals surface area contributed by atoms with Crippen molar-refractivity contribution in [1.29, 1.82) is 0 Å². The summed E-state index contributed by atoms with van der Waals surface area (Å²) < 4.78 is 1.11. The third kappa shape index (κ3) is 2.27. The van der Waals surface area contributed by atoms with Crippen molar-refractivity contribution in [3.63, 3.8) is 0 Å². The first-order valence-electron chi connectivity index (χ1n) is 5.81. The zero-order valence-electron chi connectivity index (χ0n) is 10.4. The fourth-order valence-corrected chi connectivity index (χ4v) is 3.20. The number of benzene rings is 2. The van der Waals surface area contributed by atoms with Crippen LogP contribution < -0.4 is 11.1 Å². The smallest absolute Gasteiger partial charge is 0.106 e. The number of nitrogens with zero attached hydrogens (tertiary/aromatic N) is 1. The Balaban J connectivity index is 2.03. The summed E-state index contributed by atoms with van der Waals surface area (Å²) in [6, 6.07) is 12.2. The van der Waals surface area contributed by atoms with E-state index in [0.717, 1.165) is 21.6 Å². The minimum absolute atomic E-state index is 0.703. The van der Waals surface area contributed by atoms with Gasteiger partial charge in [0.1, 0.15) is 5.52 Å². The molecule has 0 fully saturated rings. The molecular weight excluding hydrogens is 274 g/mol. The van der Waals surface area contributed by atoms with E-state index in [1.54, 1.807) is 23.1 Å². The second-order valence-corrected chi connectivity index (χ2v) is 5.79. The molecule has 0 aliphatic heterocycles. The number of nitrogens with one attached hydrogen (secondary N) is 1. The van der Waals surface area contributed by atoms with Crippen molar-refractivity contribution in [3.05, 3.63) is 41.9 Å². The summed E-state index contributed by atoms with van der Waals surface area (Å²) in [4.78, 5) is 5.51. The number of nitrogens with two attached hydrogens (primary N) is 1. The standard InChI is InChI=1S/C14H13N3S2/c1-18-11-5-3-2-4-9(11)17-10-6-7-12-14(13(10)15)16-8-19-12/h2-8,17H,15H2,1H3. The predicted molar refractivity (Wildman–Crippen MR) is 85.5 cm³/mol. The number of hydrogen-bond acceptors (Lipinski definition) is 5. The maximum absolute atomic E-state index is 6.18. The van der Waals surface area contributed by atoms with Gasteiger partial charge in [0.15, 0.2) is 0 Å². The molecule has 3 aromatic rings. The molecule has 5 heteroatoms. The van der Waals surface area contributed by atoms with Gasteiger partial charge in [-0.3, -0.25) is 0 Å². The first-order chi connectivity index (χ1) is 9.29. The molecule has 0 aliphatic carbocycles. The van der Waals surface area contributed by atoms with Crippen LogP contribution in [0.15, 0.2) is 46.8 Å². The van der Waals surface area contributed by atoms with Crippen LogP contribution in [0.4, 0.5) is 17.1 Å². The lowest BCUT2D eigenvalue weighted by molar-refractivity contribution is 1.42. The van der Waals surface area contributed by atoms with Crippen LogP contribution in [0.5, 0.6) is 0 Å². The number of fused-ring (bicyclic) bond motifs is 1. The predicted octanol–water partition coefficient (Wildman–Crippen LogP) is 4.34. The quantitative estimate of drug-likeness (QED) is 0.555. The van der Waals surface area contributed by atoms with Gasteiger partial charge in [-0.25, -0.2) is 4.98 Å². The van der Waals surface area contributed by atoms with Crippen LogP contribution in [0.2, 0.25) is 0 Å². The Morgan fingerprint density at radius 1 is 1.16 bits per heavy atom. The normalized spacial score (nSPS) is 10.8. The first kappa shape index (κ1) is 12.3. The lowest BCUT2D eigenvalue weighted by atomic mass is 10.2. The Kier molecular flexibility index (Phi) is 3.31. The van der Waals surface area contributed by atoms with Gasteiger partial charge < -0.3 is 11.1 Å². The summed E-state index contributed by atoms with van der Waals surface area (Å²) in [5.41, 5.74) is 11.5. The van der Waals surface area contributed by atoms with Gasteiger partial charge in [-0.1, -0.05) is 12.1 Å². The topological polar surface area (TPSA) is 50.9 Å². The maximum atomic E-state index is 6.18. The Morgan fingerprint density at radius 3 is 2.84 bits per heavy atom. The van der Waals surface area contributed by atoms with Crippen molar-refractivity contribution in [2.75, 3.05) is 17.3 Å². The summed E-state index contributed by atoms with van der Waals surface area (Å²) in [6.45, 7) is 0. The first-order valence-corrected chi connectivity index (χ1v) is 7.92. The molecule has 0 bridgehead atoms. The molecule has 1 heterocycles. The average molecular weight is 287 g/mol. The fraction of sp³-hybridized carbons (Fsp3) is 0.0714. The molecule has 0 aliphatic rings. The van der Waals surface area contributed by atoms with E-state index in [1.165, 1.54) is 4.90 Å². The van der Waals surface area contributed by atoms with Crippen molar-refractivity contribution in [2.24, 2.45) is 0 Å². The molecule has 0 saturated carbocycles. The summed E-state index contributed by atoms with van der Waals surface area (Å²) in [6.07, 6.45) is 2.06. The SMILES string of the molecule is CSc1ccccc1Nc1ccc2scnc2c1N. The highest BCUT2D eigenvalue weighted by Gasteiger charge is 2.08. The number of thioether (sulfide) groups is 1. The molecule has 0 atom stereocenters. The molecule has 96 valence electrons. The highest BCUT2D eigenvalue weighted by Crippen LogP contribution is 2.34. The minimum Gasteiger partial charge on any atom is -0.395 e. The number of rotatable bonds is 3. The van der Waals surface area contributed by atoms with Gasteiger partial charge in [-0.2, -0.15) is 0 Å². The van der Waals surface area contributed by atoms with Crippen LogP contribution >= 0.6 is 23.1 Å². The molecule has 3 nitrogen and oxygen atoms in total. The molecule has 1 aromatic heterocycles. The van der Waals surface area contributed by atoms with Crippen molar-refractivity contribution < 1.29 is 0 Å². The van der Waals surface area contributed by atoms with E-state index >= 15 is 0 Å². The van der Waals surface area contributed by atoms with Crippen LogP contribution in [0.1, 0.15) is 0 Å². The molecule has 0 amide bonds. The molecule has 19 heavy (non-hydrogen) atoms. The van der Waals surface area contributed by atoms with Gasteiger partial charge in [0.25, 0.3) is 0 Å². The van der Waals surface area contributed by atoms with Crippen LogP contribution in [-0.4, -0.2) is 11.2 Å². The Morgan fingerprint density at radius 2 is 2.00 bits per heavy atom. The lowest BCUT2D eigenvalue weighted by Crippen LogP contribution is -1.98. The second-order valence-electron chi connectivity index (χ2n) is 4.05. The summed E-state index contributed by atoms with van der Waals surface area (Å²) >= 11 is 3.31. The number of thiazole rings is 1. The van der Waals surface area contributed by atoms with E-state index in [9.17, 15) is 0 Å².